The predicted molar refractivity (Wildman–Crippen MR) is 56.5 cm³/mol. The zero-order valence-electron chi connectivity index (χ0n) is 8.21. The monoisotopic (exact) mass is 206 g/mol. The zero-order valence-corrected chi connectivity index (χ0v) is 8.21. The third-order valence-electron chi connectivity index (χ3n) is 1.64. The number of rotatable bonds is 3. The fraction of sp³-hybridized carbons (Fsp3) is 0.111. The van der Waals surface area contributed by atoms with Gasteiger partial charge in [-0.2, -0.15) is 5.10 Å². The first-order valence-electron chi connectivity index (χ1n) is 4.03. The van der Waals surface area contributed by atoms with Crippen LogP contribution in [-0.2, 0) is 7.05 Å². The molecule has 0 amide bonds. The molecule has 0 aliphatic carbocycles. The number of carboxylic acid groups (broad SMARTS) is 1. The highest BCUT2D eigenvalue weighted by Crippen LogP contribution is 2.09. The van der Waals surface area contributed by atoms with Gasteiger partial charge in [-0.25, -0.2) is 14.8 Å². The molecule has 6 heteroatoms. The molecular formula is C9H10N4O2. The van der Waals surface area contributed by atoms with E-state index in [0.29, 0.717) is 5.56 Å². The Bertz CT molecular complexity index is 445. The second-order valence-corrected chi connectivity index (χ2v) is 2.66. The van der Waals surface area contributed by atoms with Crippen LogP contribution in [0.1, 0.15) is 16.1 Å². The van der Waals surface area contributed by atoms with Gasteiger partial charge in [0.1, 0.15) is 0 Å². The summed E-state index contributed by atoms with van der Waals surface area (Å²) in [4.78, 5) is 18.3. The van der Waals surface area contributed by atoms with E-state index >= 15 is 0 Å². The quantitative estimate of drug-likeness (QED) is 0.584. The molecule has 6 nitrogen and oxygen atoms in total. The van der Waals surface area contributed by atoms with Crippen LogP contribution in [0.5, 0.6) is 0 Å². The fourth-order valence-electron chi connectivity index (χ4n) is 1.09. The molecule has 0 spiro atoms. The molecule has 1 rings (SSSR count). The maximum Gasteiger partial charge on any atom is 0.357 e. The summed E-state index contributed by atoms with van der Waals surface area (Å²) >= 11 is 0. The molecule has 0 radical (unpaired) electrons. The molecule has 1 aromatic rings. The number of carboxylic acids is 1. The van der Waals surface area contributed by atoms with E-state index in [9.17, 15) is 4.79 Å². The zero-order chi connectivity index (χ0) is 11.4. The minimum atomic E-state index is -1.13. The number of carbonyl (C=O) groups is 1. The normalized spacial score (nSPS) is 11.1. The maximum absolute atomic E-state index is 10.8. The van der Waals surface area contributed by atoms with Crippen LogP contribution < -0.4 is 0 Å². The minimum Gasteiger partial charge on any atom is -0.476 e. The van der Waals surface area contributed by atoms with Crippen molar-refractivity contribution in [1.29, 1.82) is 0 Å². The van der Waals surface area contributed by atoms with Crippen LogP contribution in [0.4, 0.5) is 0 Å². The highest BCUT2D eigenvalue weighted by atomic mass is 16.4. The molecular weight excluding hydrogens is 196 g/mol. The van der Waals surface area contributed by atoms with E-state index in [1.807, 2.05) is 0 Å². The molecule has 0 fully saturated rings. The molecule has 0 aliphatic heterocycles. The molecule has 1 N–H and O–H groups in total. The summed E-state index contributed by atoms with van der Waals surface area (Å²) < 4.78 is 1.38. The van der Waals surface area contributed by atoms with Crippen molar-refractivity contribution in [2.24, 2.45) is 17.0 Å². The van der Waals surface area contributed by atoms with Gasteiger partial charge >= 0.3 is 5.97 Å². The summed E-state index contributed by atoms with van der Waals surface area (Å²) in [6.45, 7) is 6.71. The molecule has 15 heavy (non-hydrogen) atoms. The van der Waals surface area contributed by atoms with E-state index in [2.05, 4.69) is 28.4 Å². The Morgan fingerprint density at radius 3 is 2.87 bits per heavy atom. The summed E-state index contributed by atoms with van der Waals surface area (Å²) in [5.74, 6) is -0.943. The predicted octanol–water partition coefficient (Wildman–Crippen LogP) is 0.709. The van der Waals surface area contributed by atoms with Crippen molar-refractivity contribution in [3.05, 3.63) is 30.2 Å². The largest absolute Gasteiger partial charge is 0.476 e. The number of hydrogen-bond acceptors (Lipinski definition) is 3. The van der Waals surface area contributed by atoms with Crippen LogP contribution in [-0.4, -0.2) is 33.4 Å². The molecule has 78 valence electrons. The van der Waals surface area contributed by atoms with Crippen LogP contribution in [0, 0.1) is 0 Å². The lowest BCUT2D eigenvalue weighted by atomic mass is 10.2. The highest BCUT2D eigenvalue weighted by Gasteiger charge is 2.18. The summed E-state index contributed by atoms with van der Waals surface area (Å²) in [7, 11) is 1.62. The second kappa shape index (κ2) is 4.32. The average Bonchev–Trinajstić information content (AvgIpc) is 2.56. The molecule has 0 saturated carbocycles. The summed E-state index contributed by atoms with van der Waals surface area (Å²) in [5.41, 5.74) is 0.213. The number of aryl methyl sites for hydroxylation is 1. The van der Waals surface area contributed by atoms with E-state index < -0.39 is 5.97 Å². The Hall–Kier alpha value is -2.24. The standard InChI is InChI=1S/C9H10N4O2/c1-4-11-8(10-2)6-5-13(3)12-7(6)9(14)15/h4-5H,1-2H2,3H3,(H,14,15). The number of aliphatic imine (C=N–C) groups is 2. The molecule has 0 saturated heterocycles. The Morgan fingerprint density at radius 1 is 1.73 bits per heavy atom. The van der Waals surface area contributed by atoms with Crippen LogP contribution in [0.15, 0.2) is 29.0 Å². The number of aromatic carboxylic acids is 1. The van der Waals surface area contributed by atoms with Gasteiger partial charge in [-0.1, -0.05) is 6.58 Å². The van der Waals surface area contributed by atoms with Gasteiger partial charge in [-0.05, 0) is 6.72 Å². The van der Waals surface area contributed by atoms with Gasteiger partial charge in [-0.3, -0.25) is 4.68 Å². The lowest BCUT2D eigenvalue weighted by Gasteiger charge is -1.95. The maximum atomic E-state index is 10.8. The molecule has 0 aromatic carbocycles. The minimum absolute atomic E-state index is 0.106. The number of amidine groups is 1. The van der Waals surface area contributed by atoms with Crippen molar-refractivity contribution in [2.45, 2.75) is 0 Å². The first-order chi connectivity index (χ1) is 7.10. The highest BCUT2D eigenvalue weighted by molar-refractivity contribution is 6.08. The van der Waals surface area contributed by atoms with Gasteiger partial charge in [0.2, 0.25) is 0 Å². The van der Waals surface area contributed by atoms with Gasteiger partial charge < -0.3 is 5.11 Å². The van der Waals surface area contributed by atoms with E-state index in [1.54, 1.807) is 7.05 Å². The molecule has 1 heterocycles. The van der Waals surface area contributed by atoms with Gasteiger partial charge in [-0.15, -0.1) is 0 Å². The summed E-state index contributed by atoms with van der Waals surface area (Å²) in [6, 6.07) is 0. The van der Waals surface area contributed by atoms with E-state index in [4.69, 9.17) is 5.11 Å². The Labute approximate surface area is 86.3 Å². The number of nitrogens with zero attached hydrogens (tertiary/aromatic N) is 4. The SMILES string of the molecule is C=CN=C(N=C)c1cn(C)nc1C(=O)O. The van der Waals surface area contributed by atoms with Crippen LogP contribution in [0.25, 0.3) is 0 Å². The van der Waals surface area contributed by atoms with Crippen LogP contribution in [0.2, 0.25) is 0 Å². The Balaban J connectivity index is 3.34. The number of aromatic nitrogens is 2. The van der Waals surface area contributed by atoms with Crippen LogP contribution in [0.3, 0.4) is 0 Å². The number of hydrogen-bond donors (Lipinski definition) is 1. The van der Waals surface area contributed by atoms with E-state index in [1.165, 1.54) is 17.1 Å². The summed E-state index contributed by atoms with van der Waals surface area (Å²) in [6.07, 6.45) is 2.78. The smallest absolute Gasteiger partial charge is 0.357 e. The van der Waals surface area contributed by atoms with Crippen molar-refractivity contribution in [1.82, 2.24) is 9.78 Å². The van der Waals surface area contributed by atoms with Crippen molar-refractivity contribution >= 4 is 18.5 Å². The molecule has 0 aliphatic rings. The average molecular weight is 206 g/mol. The second-order valence-electron chi connectivity index (χ2n) is 2.66. The summed E-state index contributed by atoms with van der Waals surface area (Å²) in [5, 5.41) is 12.6. The van der Waals surface area contributed by atoms with Gasteiger partial charge in [0.05, 0.1) is 5.56 Å². The topological polar surface area (TPSA) is 79.8 Å². The lowest BCUT2D eigenvalue weighted by molar-refractivity contribution is 0.0689. The molecule has 0 atom stereocenters. The van der Waals surface area contributed by atoms with Crippen LogP contribution >= 0.6 is 0 Å². The van der Waals surface area contributed by atoms with Gasteiger partial charge in [0.25, 0.3) is 0 Å². The first kappa shape index (κ1) is 10.8. The van der Waals surface area contributed by atoms with Gasteiger partial charge in [0.15, 0.2) is 11.5 Å². The van der Waals surface area contributed by atoms with Gasteiger partial charge in [0, 0.05) is 19.4 Å². The third-order valence-corrected chi connectivity index (χ3v) is 1.64. The van der Waals surface area contributed by atoms with Crippen molar-refractivity contribution in [3.63, 3.8) is 0 Å². The van der Waals surface area contributed by atoms with Crippen molar-refractivity contribution in [2.75, 3.05) is 0 Å². The van der Waals surface area contributed by atoms with E-state index in [-0.39, 0.29) is 11.5 Å². The van der Waals surface area contributed by atoms with E-state index in [0.717, 1.165) is 0 Å². The Kier molecular flexibility index (Phi) is 3.12. The van der Waals surface area contributed by atoms with Crippen molar-refractivity contribution in [3.8, 4) is 0 Å². The molecule has 0 unspecified atom stereocenters. The van der Waals surface area contributed by atoms with Crippen molar-refractivity contribution < 1.29 is 9.90 Å². The molecule has 0 bridgehead atoms. The fourth-order valence-corrected chi connectivity index (χ4v) is 1.09. The first-order valence-corrected chi connectivity index (χ1v) is 4.03. The molecule has 1 aromatic heterocycles. The lowest BCUT2D eigenvalue weighted by Crippen LogP contribution is -2.06. The Morgan fingerprint density at radius 2 is 2.40 bits per heavy atom. The third kappa shape index (κ3) is 2.16.